The number of anilines is 1. The molecule has 0 spiro atoms. The van der Waals surface area contributed by atoms with E-state index in [1.807, 2.05) is 13.8 Å². The molecule has 0 aromatic heterocycles. The van der Waals surface area contributed by atoms with Crippen LogP contribution in [0.25, 0.3) is 0 Å². The van der Waals surface area contributed by atoms with Gasteiger partial charge in [-0.2, -0.15) is 0 Å². The molecule has 1 aromatic rings. The van der Waals surface area contributed by atoms with E-state index in [1.54, 1.807) is 24.3 Å². The maximum Gasteiger partial charge on any atom is 0.329 e. The molecule has 3 amide bonds. The van der Waals surface area contributed by atoms with E-state index in [0.29, 0.717) is 11.4 Å². The van der Waals surface area contributed by atoms with Crippen molar-refractivity contribution < 1.29 is 14.3 Å². The summed E-state index contributed by atoms with van der Waals surface area (Å²) >= 11 is 0. The Morgan fingerprint density at radius 1 is 1.37 bits per heavy atom. The van der Waals surface area contributed by atoms with Gasteiger partial charge >= 0.3 is 6.03 Å². The number of benzene rings is 1. The molecule has 1 heterocycles. The highest BCUT2D eigenvalue weighted by atomic mass is 16.5. The molecule has 1 fully saturated rings. The summed E-state index contributed by atoms with van der Waals surface area (Å²) in [6.07, 6.45) is 0.830. The summed E-state index contributed by atoms with van der Waals surface area (Å²) in [6, 6.07) is 6.16. The van der Waals surface area contributed by atoms with Crippen LogP contribution in [0.4, 0.5) is 10.5 Å². The van der Waals surface area contributed by atoms with Crippen LogP contribution in [0.15, 0.2) is 24.3 Å². The molecular formula is C14H18N2O3. The second kappa shape index (κ2) is 5.30. The quantitative estimate of drug-likeness (QED) is 0.846. The molecular weight excluding hydrogens is 244 g/mol. The number of rotatable bonds is 4. The van der Waals surface area contributed by atoms with Crippen LogP contribution in [-0.4, -0.2) is 25.1 Å². The Bertz CT molecular complexity index is 501. The average molecular weight is 262 g/mol. The number of urea groups is 1. The predicted octanol–water partition coefficient (Wildman–Crippen LogP) is 2.17. The van der Waals surface area contributed by atoms with Gasteiger partial charge in [-0.15, -0.1) is 0 Å². The van der Waals surface area contributed by atoms with Gasteiger partial charge in [0.2, 0.25) is 0 Å². The van der Waals surface area contributed by atoms with Crippen molar-refractivity contribution in [3.63, 3.8) is 0 Å². The summed E-state index contributed by atoms with van der Waals surface area (Å²) in [7, 11) is 1.52. The lowest BCUT2D eigenvalue weighted by molar-refractivity contribution is -0.119. The number of imide groups is 1. The lowest BCUT2D eigenvalue weighted by Crippen LogP contribution is -2.35. The van der Waals surface area contributed by atoms with E-state index in [2.05, 4.69) is 5.32 Å². The minimum absolute atomic E-state index is 0.108. The minimum Gasteiger partial charge on any atom is -0.495 e. The maximum atomic E-state index is 12.4. The largest absolute Gasteiger partial charge is 0.495 e. The van der Waals surface area contributed by atoms with Crippen molar-refractivity contribution in [1.29, 1.82) is 0 Å². The van der Waals surface area contributed by atoms with Crippen molar-refractivity contribution in [1.82, 2.24) is 5.32 Å². The van der Waals surface area contributed by atoms with E-state index in [1.165, 1.54) is 7.11 Å². The molecule has 102 valence electrons. The van der Waals surface area contributed by atoms with Gasteiger partial charge in [0.1, 0.15) is 11.8 Å². The van der Waals surface area contributed by atoms with E-state index < -0.39 is 6.04 Å². The third kappa shape index (κ3) is 2.28. The van der Waals surface area contributed by atoms with E-state index in [4.69, 9.17) is 4.74 Å². The number of nitrogens with one attached hydrogen (secondary N) is 1. The molecule has 5 heteroatoms. The topological polar surface area (TPSA) is 58.6 Å². The first kappa shape index (κ1) is 13.4. The number of methoxy groups -OCH3 is 1. The van der Waals surface area contributed by atoms with Gasteiger partial charge in [0.05, 0.1) is 12.8 Å². The predicted molar refractivity (Wildman–Crippen MR) is 72.3 cm³/mol. The fourth-order valence-electron chi connectivity index (χ4n) is 2.16. The van der Waals surface area contributed by atoms with E-state index in [0.717, 1.165) is 11.3 Å². The first-order valence-electron chi connectivity index (χ1n) is 6.37. The Kier molecular flexibility index (Phi) is 3.74. The van der Waals surface area contributed by atoms with Crippen molar-refractivity contribution in [2.45, 2.75) is 26.3 Å². The van der Waals surface area contributed by atoms with Crippen LogP contribution in [0, 0.1) is 5.92 Å². The molecule has 2 rings (SSSR count). The van der Waals surface area contributed by atoms with Gasteiger partial charge in [-0.25, -0.2) is 9.69 Å². The Balaban J connectivity index is 2.35. The molecule has 0 saturated carbocycles. The van der Waals surface area contributed by atoms with Crippen LogP contribution in [0.5, 0.6) is 5.75 Å². The van der Waals surface area contributed by atoms with Gasteiger partial charge in [0.25, 0.3) is 5.91 Å². The normalized spacial score (nSPS) is 20.4. The van der Waals surface area contributed by atoms with Crippen molar-refractivity contribution in [2.75, 3.05) is 12.0 Å². The van der Waals surface area contributed by atoms with Crippen LogP contribution < -0.4 is 15.0 Å². The smallest absolute Gasteiger partial charge is 0.329 e. The Morgan fingerprint density at radius 3 is 2.68 bits per heavy atom. The number of nitrogens with zero attached hydrogens (tertiary/aromatic N) is 1. The molecule has 19 heavy (non-hydrogen) atoms. The number of para-hydroxylation sites is 2. The summed E-state index contributed by atoms with van der Waals surface area (Å²) in [5, 5.41) is 2.74. The fourth-order valence-corrected chi connectivity index (χ4v) is 2.16. The molecule has 5 nitrogen and oxygen atoms in total. The molecule has 1 N–H and O–H groups in total. The molecule has 2 atom stereocenters. The summed E-state index contributed by atoms with van der Waals surface area (Å²) in [4.78, 5) is 25.6. The van der Waals surface area contributed by atoms with Gasteiger partial charge in [-0.1, -0.05) is 32.4 Å². The van der Waals surface area contributed by atoms with E-state index >= 15 is 0 Å². The Morgan fingerprint density at radius 2 is 2.05 bits per heavy atom. The zero-order valence-electron chi connectivity index (χ0n) is 11.3. The van der Waals surface area contributed by atoms with Crippen LogP contribution >= 0.6 is 0 Å². The summed E-state index contributed by atoms with van der Waals surface area (Å²) in [5.74, 6) is 0.399. The summed E-state index contributed by atoms with van der Waals surface area (Å²) in [5.41, 5.74) is 0.485. The number of carbonyl (C=O) groups excluding carboxylic acids is 2. The van der Waals surface area contributed by atoms with Crippen molar-refractivity contribution in [3.05, 3.63) is 24.3 Å². The van der Waals surface area contributed by atoms with Gasteiger partial charge < -0.3 is 10.1 Å². The second-order valence-electron chi connectivity index (χ2n) is 4.66. The number of hydrogen-bond acceptors (Lipinski definition) is 3. The molecule has 0 aliphatic carbocycles. The lowest BCUT2D eigenvalue weighted by Gasteiger charge is -2.17. The monoisotopic (exact) mass is 262 g/mol. The Labute approximate surface area is 112 Å². The third-order valence-electron chi connectivity index (χ3n) is 3.51. The molecule has 0 bridgehead atoms. The minimum atomic E-state index is -0.456. The molecule has 2 unspecified atom stereocenters. The fraction of sp³-hybridized carbons (Fsp3) is 0.429. The zero-order chi connectivity index (χ0) is 14.0. The van der Waals surface area contributed by atoms with Gasteiger partial charge in [0.15, 0.2) is 0 Å². The van der Waals surface area contributed by atoms with E-state index in [9.17, 15) is 9.59 Å². The van der Waals surface area contributed by atoms with Crippen LogP contribution in [0.1, 0.15) is 20.3 Å². The molecule has 1 aliphatic rings. The van der Waals surface area contributed by atoms with E-state index in [-0.39, 0.29) is 17.9 Å². The van der Waals surface area contributed by atoms with Crippen molar-refractivity contribution in [2.24, 2.45) is 5.92 Å². The van der Waals surface area contributed by atoms with Gasteiger partial charge in [-0.3, -0.25) is 4.79 Å². The first-order chi connectivity index (χ1) is 9.10. The molecule has 1 aliphatic heterocycles. The lowest BCUT2D eigenvalue weighted by atomic mass is 9.99. The number of carbonyl (C=O) groups is 2. The Hall–Kier alpha value is -2.04. The molecule has 1 saturated heterocycles. The average Bonchev–Trinajstić information content (AvgIpc) is 2.73. The van der Waals surface area contributed by atoms with Crippen LogP contribution in [0.3, 0.4) is 0 Å². The summed E-state index contributed by atoms with van der Waals surface area (Å²) < 4.78 is 5.20. The van der Waals surface area contributed by atoms with Crippen LogP contribution in [-0.2, 0) is 4.79 Å². The number of hydrogen-bond donors (Lipinski definition) is 1. The SMILES string of the molecule is CCC(C)C1NC(=O)N(c2ccccc2OC)C1=O. The number of amides is 3. The van der Waals surface area contributed by atoms with Gasteiger partial charge in [0, 0.05) is 0 Å². The highest BCUT2D eigenvalue weighted by Gasteiger charge is 2.42. The van der Waals surface area contributed by atoms with Crippen molar-refractivity contribution >= 4 is 17.6 Å². The number of ether oxygens (including phenoxy) is 1. The molecule has 0 radical (unpaired) electrons. The first-order valence-corrected chi connectivity index (χ1v) is 6.37. The highest BCUT2D eigenvalue weighted by Crippen LogP contribution is 2.31. The maximum absolute atomic E-state index is 12.4. The second-order valence-corrected chi connectivity index (χ2v) is 4.66. The van der Waals surface area contributed by atoms with Gasteiger partial charge in [-0.05, 0) is 18.1 Å². The van der Waals surface area contributed by atoms with Crippen LogP contribution in [0.2, 0.25) is 0 Å². The zero-order valence-corrected chi connectivity index (χ0v) is 11.3. The summed E-state index contributed by atoms with van der Waals surface area (Å²) in [6.45, 7) is 3.95. The highest BCUT2D eigenvalue weighted by molar-refractivity contribution is 6.22. The van der Waals surface area contributed by atoms with Crippen molar-refractivity contribution in [3.8, 4) is 5.75 Å². The standard InChI is InChI=1S/C14H18N2O3/c1-4-9(2)12-13(17)16(14(18)15-12)10-7-5-6-8-11(10)19-3/h5-9,12H,4H2,1-3H3,(H,15,18). The third-order valence-corrected chi connectivity index (χ3v) is 3.51. The molecule has 1 aromatic carbocycles.